The van der Waals surface area contributed by atoms with Crippen molar-refractivity contribution in [2.24, 2.45) is 5.41 Å². The lowest BCUT2D eigenvalue weighted by Crippen LogP contribution is -2.50. The fourth-order valence-electron chi connectivity index (χ4n) is 3.10. The molecule has 1 amide bonds. The highest BCUT2D eigenvalue weighted by Crippen LogP contribution is 2.28. The SMILES string of the molecule is CC1(CNC(=O)C2Cc3ccccc3CN2)CCOCC1. The monoisotopic (exact) mass is 288 g/mol. The number of benzene rings is 1. The van der Waals surface area contributed by atoms with Crippen LogP contribution in [-0.2, 0) is 22.5 Å². The largest absolute Gasteiger partial charge is 0.381 e. The summed E-state index contributed by atoms with van der Waals surface area (Å²) in [5.41, 5.74) is 2.77. The van der Waals surface area contributed by atoms with Gasteiger partial charge in [-0.1, -0.05) is 31.2 Å². The Morgan fingerprint density at radius 2 is 2.05 bits per heavy atom. The smallest absolute Gasteiger partial charge is 0.237 e. The highest BCUT2D eigenvalue weighted by Gasteiger charge is 2.30. The van der Waals surface area contributed by atoms with Gasteiger partial charge in [-0.15, -0.1) is 0 Å². The Kier molecular flexibility index (Phi) is 4.27. The summed E-state index contributed by atoms with van der Waals surface area (Å²) in [6, 6.07) is 8.23. The molecule has 1 fully saturated rings. The van der Waals surface area contributed by atoms with E-state index in [9.17, 15) is 4.79 Å². The van der Waals surface area contributed by atoms with Crippen molar-refractivity contribution < 1.29 is 9.53 Å². The van der Waals surface area contributed by atoms with Gasteiger partial charge in [-0.25, -0.2) is 0 Å². The second-order valence-corrected chi connectivity index (χ2v) is 6.55. The first-order chi connectivity index (χ1) is 10.2. The van der Waals surface area contributed by atoms with E-state index < -0.39 is 0 Å². The van der Waals surface area contributed by atoms with E-state index in [-0.39, 0.29) is 17.4 Å². The van der Waals surface area contributed by atoms with E-state index in [1.54, 1.807) is 0 Å². The minimum Gasteiger partial charge on any atom is -0.381 e. The summed E-state index contributed by atoms with van der Waals surface area (Å²) >= 11 is 0. The molecule has 1 saturated heterocycles. The molecule has 0 bridgehead atoms. The van der Waals surface area contributed by atoms with Crippen molar-refractivity contribution in [3.8, 4) is 0 Å². The van der Waals surface area contributed by atoms with Gasteiger partial charge in [0.05, 0.1) is 6.04 Å². The first-order valence-corrected chi connectivity index (χ1v) is 7.82. The number of rotatable bonds is 3. The van der Waals surface area contributed by atoms with Crippen LogP contribution in [0.4, 0.5) is 0 Å². The van der Waals surface area contributed by atoms with Crippen molar-refractivity contribution in [2.45, 2.75) is 38.8 Å². The van der Waals surface area contributed by atoms with Crippen LogP contribution < -0.4 is 10.6 Å². The Balaban J connectivity index is 1.55. The van der Waals surface area contributed by atoms with Gasteiger partial charge in [-0.05, 0) is 35.8 Å². The molecule has 0 spiro atoms. The molecule has 0 aliphatic carbocycles. The average molecular weight is 288 g/mol. The minimum atomic E-state index is -0.108. The summed E-state index contributed by atoms with van der Waals surface area (Å²) < 4.78 is 5.40. The molecule has 1 unspecified atom stereocenters. The lowest BCUT2D eigenvalue weighted by Gasteiger charge is -2.34. The number of hydrogen-bond donors (Lipinski definition) is 2. The maximum atomic E-state index is 12.4. The number of nitrogens with one attached hydrogen (secondary N) is 2. The molecular formula is C17H24N2O2. The summed E-state index contributed by atoms with van der Waals surface area (Å²) in [5.74, 6) is 0.122. The predicted octanol–water partition coefficient (Wildman–Crippen LogP) is 1.63. The Hall–Kier alpha value is -1.39. The van der Waals surface area contributed by atoms with E-state index in [1.807, 2.05) is 12.1 Å². The molecular weight excluding hydrogens is 264 g/mol. The number of carbonyl (C=O) groups is 1. The van der Waals surface area contributed by atoms with E-state index in [0.29, 0.717) is 0 Å². The first-order valence-electron chi connectivity index (χ1n) is 7.82. The van der Waals surface area contributed by atoms with Crippen molar-refractivity contribution in [3.63, 3.8) is 0 Å². The van der Waals surface area contributed by atoms with Crippen LogP contribution in [0.15, 0.2) is 24.3 Å². The quantitative estimate of drug-likeness (QED) is 0.889. The summed E-state index contributed by atoms with van der Waals surface area (Å²) in [7, 11) is 0. The molecule has 0 radical (unpaired) electrons. The van der Waals surface area contributed by atoms with Crippen LogP contribution in [0.3, 0.4) is 0 Å². The Bertz CT molecular complexity index is 509. The third-order valence-electron chi connectivity index (χ3n) is 4.79. The highest BCUT2D eigenvalue weighted by molar-refractivity contribution is 5.82. The topological polar surface area (TPSA) is 50.4 Å². The maximum Gasteiger partial charge on any atom is 0.237 e. The van der Waals surface area contributed by atoms with Crippen molar-refractivity contribution >= 4 is 5.91 Å². The van der Waals surface area contributed by atoms with E-state index in [2.05, 4.69) is 29.7 Å². The molecule has 1 aromatic carbocycles. The van der Waals surface area contributed by atoms with Crippen LogP contribution in [-0.4, -0.2) is 31.7 Å². The second-order valence-electron chi connectivity index (χ2n) is 6.55. The van der Waals surface area contributed by atoms with Gasteiger partial charge in [0.15, 0.2) is 0 Å². The summed E-state index contributed by atoms with van der Waals surface area (Å²) in [6.07, 6.45) is 2.82. The number of hydrogen-bond acceptors (Lipinski definition) is 3. The van der Waals surface area contributed by atoms with Gasteiger partial charge >= 0.3 is 0 Å². The van der Waals surface area contributed by atoms with E-state index in [0.717, 1.165) is 45.6 Å². The molecule has 114 valence electrons. The minimum absolute atomic E-state index is 0.108. The molecule has 3 rings (SSSR count). The number of carbonyl (C=O) groups excluding carboxylic acids is 1. The zero-order chi connectivity index (χ0) is 14.7. The van der Waals surface area contributed by atoms with Crippen LogP contribution in [0.5, 0.6) is 0 Å². The van der Waals surface area contributed by atoms with Gasteiger partial charge in [-0.3, -0.25) is 4.79 Å². The standard InChI is InChI=1S/C17H24N2O2/c1-17(6-8-21-9-7-17)12-19-16(20)15-10-13-4-2-3-5-14(13)11-18-15/h2-5,15,18H,6-12H2,1H3,(H,19,20). The molecule has 0 saturated carbocycles. The van der Waals surface area contributed by atoms with Crippen LogP contribution in [0, 0.1) is 5.41 Å². The Morgan fingerprint density at radius 1 is 1.33 bits per heavy atom. The Labute approximate surface area is 126 Å². The zero-order valence-corrected chi connectivity index (χ0v) is 12.7. The summed E-state index contributed by atoms with van der Waals surface area (Å²) in [4.78, 5) is 12.4. The number of amides is 1. The lowest BCUT2D eigenvalue weighted by atomic mass is 9.82. The second kappa shape index (κ2) is 6.16. The van der Waals surface area contributed by atoms with Gasteiger partial charge < -0.3 is 15.4 Å². The molecule has 2 N–H and O–H groups in total. The molecule has 21 heavy (non-hydrogen) atoms. The molecule has 1 atom stereocenters. The molecule has 0 aromatic heterocycles. The highest BCUT2D eigenvalue weighted by atomic mass is 16.5. The van der Waals surface area contributed by atoms with Gasteiger partial charge in [-0.2, -0.15) is 0 Å². The van der Waals surface area contributed by atoms with Gasteiger partial charge in [0.2, 0.25) is 5.91 Å². The van der Waals surface area contributed by atoms with Gasteiger partial charge in [0.25, 0.3) is 0 Å². The van der Waals surface area contributed by atoms with Gasteiger partial charge in [0.1, 0.15) is 0 Å². The van der Waals surface area contributed by atoms with Crippen LogP contribution in [0.2, 0.25) is 0 Å². The van der Waals surface area contributed by atoms with Crippen molar-refractivity contribution in [3.05, 3.63) is 35.4 Å². The first kappa shape index (κ1) is 14.5. The van der Waals surface area contributed by atoms with E-state index in [1.165, 1.54) is 11.1 Å². The van der Waals surface area contributed by atoms with E-state index >= 15 is 0 Å². The molecule has 2 aliphatic rings. The number of ether oxygens (including phenoxy) is 1. The third kappa shape index (κ3) is 3.44. The van der Waals surface area contributed by atoms with Gasteiger partial charge in [0, 0.05) is 26.3 Å². The molecule has 4 nitrogen and oxygen atoms in total. The third-order valence-corrected chi connectivity index (χ3v) is 4.79. The molecule has 2 aliphatic heterocycles. The van der Waals surface area contributed by atoms with Crippen LogP contribution in [0.1, 0.15) is 30.9 Å². The van der Waals surface area contributed by atoms with Crippen molar-refractivity contribution in [2.75, 3.05) is 19.8 Å². The summed E-state index contributed by atoms with van der Waals surface area (Å²) in [5, 5.41) is 6.47. The average Bonchev–Trinajstić information content (AvgIpc) is 2.53. The maximum absolute atomic E-state index is 12.4. The lowest BCUT2D eigenvalue weighted by molar-refractivity contribution is -0.124. The Morgan fingerprint density at radius 3 is 2.81 bits per heavy atom. The predicted molar refractivity (Wildman–Crippen MR) is 81.9 cm³/mol. The normalized spacial score (nSPS) is 24.1. The zero-order valence-electron chi connectivity index (χ0n) is 12.7. The molecule has 2 heterocycles. The number of fused-ring (bicyclic) bond motifs is 1. The van der Waals surface area contributed by atoms with Crippen LogP contribution in [0.25, 0.3) is 0 Å². The fourth-order valence-corrected chi connectivity index (χ4v) is 3.10. The molecule has 4 heteroatoms. The summed E-state index contributed by atoms with van der Waals surface area (Å²) in [6.45, 7) is 5.37. The van der Waals surface area contributed by atoms with Crippen LogP contribution >= 0.6 is 0 Å². The van der Waals surface area contributed by atoms with Crippen molar-refractivity contribution in [1.82, 2.24) is 10.6 Å². The molecule has 1 aromatic rings. The fraction of sp³-hybridized carbons (Fsp3) is 0.588. The van der Waals surface area contributed by atoms with E-state index in [4.69, 9.17) is 4.74 Å². The van der Waals surface area contributed by atoms with Crippen molar-refractivity contribution in [1.29, 1.82) is 0 Å².